The lowest BCUT2D eigenvalue weighted by atomic mass is 10.1. The van der Waals surface area contributed by atoms with Crippen LogP contribution in [-0.2, 0) is 6.67 Å². The molecule has 2 heterocycles. The average molecular weight is 333 g/mol. The average Bonchev–Trinajstić information content (AvgIpc) is 3.14. The van der Waals surface area contributed by atoms with Gasteiger partial charge in [0.2, 0.25) is 6.33 Å². The third-order valence-electron chi connectivity index (χ3n) is 4.04. The molecule has 0 unspecified atom stereocenters. The second-order valence-electron chi connectivity index (χ2n) is 5.88. The van der Waals surface area contributed by atoms with Gasteiger partial charge in [0.1, 0.15) is 5.69 Å². The van der Waals surface area contributed by atoms with Crippen LogP contribution in [0.1, 0.15) is 49.0 Å². The molecule has 0 radical (unpaired) electrons. The molecule has 0 saturated heterocycles. The van der Waals surface area contributed by atoms with Crippen molar-refractivity contribution in [3.63, 3.8) is 0 Å². The summed E-state index contributed by atoms with van der Waals surface area (Å²) in [6.07, 6.45) is 9.65. The molecule has 0 atom stereocenters. The van der Waals surface area contributed by atoms with Crippen LogP contribution in [0.25, 0.3) is 0 Å². The van der Waals surface area contributed by atoms with E-state index in [0.717, 1.165) is 25.7 Å². The summed E-state index contributed by atoms with van der Waals surface area (Å²) in [6, 6.07) is 1.83. The number of hydrogen-bond donors (Lipinski definition) is 1. The van der Waals surface area contributed by atoms with Crippen molar-refractivity contribution in [2.24, 2.45) is 0 Å². The van der Waals surface area contributed by atoms with Crippen LogP contribution in [-0.4, -0.2) is 41.4 Å². The Morgan fingerprint density at radius 1 is 1.25 bits per heavy atom. The molecule has 1 aliphatic carbocycles. The van der Waals surface area contributed by atoms with E-state index in [1.54, 1.807) is 12.3 Å². The number of hydrogen-bond acceptors (Lipinski definition) is 6. The van der Waals surface area contributed by atoms with Crippen molar-refractivity contribution in [3.8, 4) is 0 Å². The molecule has 10 nitrogen and oxygen atoms in total. The summed E-state index contributed by atoms with van der Waals surface area (Å²) >= 11 is 0. The second kappa shape index (κ2) is 7.20. The summed E-state index contributed by atoms with van der Waals surface area (Å²) < 4.78 is 2.78. The van der Waals surface area contributed by atoms with Crippen molar-refractivity contribution < 1.29 is 9.72 Å². The molecule has 2 aromatic heterocycles. The Hall–Kier alpha value is -2.78. The lowest BCUT2D eigenvalue weighted by molar-refractivity contribution is -0.394. The quantitative estimate of drug-likeness (QED) is 0.501. The first-order valence-electron chi connectivity index (χ1n) is 8.00. The number of carbonyl (C=O) groups excluding carboxylic acids is 1. The molecule has 1 saturated carbocycles. The molecule has 0 spiro atoms. The summed E-state index contributed by atoms with van der Waals surface area (Å²) in [6.45, 7) is 0.150. The highest BCUT2D eigenvalue weighted by molar-refractivity contribution is 5.92. The first-order chi connectivity index (χ1) is 11.6. The molecular formula is C14H19N7O3. The Bertz CT molecular complexity index is 716. The molecule has 24 heavy (non-hydrogen) atoms. The zero-order valence-electron chi connectivity index (χ0n) is 13.2. The maximum Gasteiger partial charge on any atom is 0.491 e. The summed E-state index contributed by atoms with van der Waals surface area (Å²) in [5.41, 5.74) is 0.328. The highest BCUT2D eigenvalue weighted by Crippen LogP contribution is 2.17. The van der Waals surface area contributed by atoms with E-state index in [1.807, 2.05) is 0 Å². The van der Waals surface area contributed by atoms with Crippen LogP contribution in [0, 0.1) is 10.1 Å². The summed E-state index contributed by atoms with van der Waals surface area (Å²) in [5.74, 6) is -0.654. The smallest absolute Gasteiger partial charge is 0.390 e. The number of carbonyl (C=O) groups is 1. The predicted molar refractivity (Wildman–Crippen MR) is 83.3 cm³/mol. The summed E-state index contributed by atoms with van der Waals surface area (Å²) in [4.78, 5) is 25.7. The SMILES string of the molecule is O=C(NC1CCCCCC1)c1ccn(Cn2cnc([N+](=O)[O-])n2)n1. The monoisotopic (exact) mass is 333 g/mol. The van der Waals surface area contributed by atoms with E-state index in [9.17, 15) is 14.9 Å². The van der Waals surface area contributed by atoms with Crippen LogP contribution in [0.3, 0.4) is 0 Å². The molecule has 1 N–H and O–H groups in total. The van der Waals surface area contributed by atoms with Crippen molar-refractivity contribution in [3.05, 3.63) is 34.4 Å². The standard InChI is InChI=1S/C14H19N7O3/c22-13(16-11-5-3-1-2-4-6-11)12-7-8-19(17-12)10-20-9-15-14(18-20)21(23)24/h7-9,11H,1-6,10H2,(H,16,22). The molecule has 3 rings (SSSR count). The van der Waals surface area contributed by atoms with Crippen molar-refractivity contribution in [1.29, 1.82) is 0 Å². The van der Waals surface area contributed by atoms with E-state index < -0.39 is 10.9 Å². The molecule has 2 aromatic rings. The maximum atomic E-state index is 12.3. The van der Waals surface area contributed by atoms with Crippen LogP contribution in [0.2, 0.25) is 0 Å². The zero-order valence-corrected chi connectivity index (χ0v) is 13.2. The topological polar surface area (TPSA) is 121 Å². The largest absolute Gasteiger partial charge is 0.491 e. The highest BCUT2D eigenvalue weighted by atomic mass is 16.6. The van der Waals surface area contributed by atoms with Crippen LogP contribution in [0.15, 0.2) is 18.6 Å². The lowest BCUT2D eigenvalue weighted by Gasteiger charge is -2.15. The van der Waals surface area contributed by atoms with Crippen LogP contribution < -0.4 is 5.32 Å². The first-order valence-corrected chi connectivity index (χ1v) is 8.00. The van der Waals surface area contributed by atoms with Gasteiger partial charge in [-0.1, -0.05) is 30.7 Å². The number of nitro groups is 1. The molecule has 1 amide bonds. The number of nitrogens with zero attached hydrogens (tertiary/aromatic N) is 6. The first kappa shape index (κ1) is 16.1. The Balaban J connectivity index is 1.59. The Labute approximate surface area is 138 Å². The second-order valence-corrected chi connectivity index (χ2v) is 5.88. The maximum absolute atomic E-state index is 12.3. The van der Waals surface area contributed by atoms with Crippen molar-refractivity contribution in [2.45, 2.75) is 51.2 Å². The number of rotatable bonds is 5. The molecule has 1 fully saturated rings. The molecule has 128 valence electrons. The zero-order chi connectivity index (χ0) is 16.9. The minimum absolute atomic E-state index is 0.150. The molecule has 10 heteroatoms. The van der Waals surface area contributed by atoms with Crippen molar-refractivity contribution in [1.82, 2.24) is 29.9 Å². The normalized spacial score (nSPS) is 15.8. The van der Waals surface area contributed by atoms with Gasteiger partial charge < -0.3 is 15.4 Å². The van der Waals surface area contributed by atoms with Gasteiger partial charge in [-0.2, -0.15) is 9.78 Å². The van der Waals surface area contributed by atoms with Gasteiger partial charge in [0.05, 0.1) is 0 Å². The molecule has 1 aliphatic rings. The van der Waals surface area contributed by atoms with E-state index in [1.165, 1.54) is 28.5 Å². The van der Waals surface area contributed by atoms with E-state index in [4.69, 9.17) is 0 Å². The van der Waals surface area contributed by atoms with E-state index in [-0.39, 0.29) is 18.6 Å². The van der Waals surface area contributed by atoms with Gasteiger partial charge in [0.25, 0.3) is 5.91 Å². The van der Waals surface area contributed by atoms with Gasteiger partial charge in [0, 0.05) is 17.3 Å². The van der Waals surface area contributed by atoms with Crippen molar-refractivity contribution >= 4 is 11.9 Å². The fourth-order valence-corrected chi connectivity index (χ4v) is 2.83. The molecular weight excluding hydrogens is 314 g/mol. The van der Waals surface area contributed by atoms with E-state index in [0.29, 0.717) is 5.69 Å². The highest BCUT2D eigenvalue weighted by Gasteiger charge is 2.18. The number of amides is 1. The third kappa shape index (κ3) is 3.94. The van der Waals surface area contributed by atoms with Crippen LogP contribution in [0.4, 0.5) is 5.95 Å². The minimum Gasteiger partial charge on any atom is -0.390 e. The summed E-state index contributed by atoms with van der Waals surface area (Å²) in [7, 11) is 0. The third-order valence-corrected chi connectivity index (χ3v) is 4.04. The Kier molecular flexibility index (Phi) is 4.82. The van der Waals surface area contributed by atoms with Crippen LogP contribution in [0.5, 0.6) is 0 Å². The van der Waals surface area contributed by atoms with Gasteiger partial charge in [-0.05, 0) is 23.8 Å². The Morgan fingerprint density at radius 2 is 2.00 bits per heavy atom. The fourth-order valence-electron chi connectivity index (χ4n) is 2.83. The van der Waals surface area contributed by atoms with Crippen LogP contribution >= 0.6 is 0 Å². The summed E-state index contributed by atoms with van der Waals surface area (Å²) in [5, 5.41) is 21.5. The minimum atomic E-state index is -0.662. The molecule has 0 aromatic carbocycles. The molecule has 0 bridgehead atoms. The van der Waals surface area contributed by atoms with Gasteiger partial charge in [-0.25, -0.2) is 4.68 Å². The molecule has 0 aliphatic heterocycles. The van der Waals surface area contributed by atoms with Gasteiger partial charge in [-0.3, -0.25) is 4.79 Å². The number of nitrogens with one attached hydrogen (secondary N) is 1. The van der Waals surface area contributed by atoms with E-state index >= 15 is 0 Å². The van der Waals surface area contributed by atoms with Gasteiger partial charge in [0.15, 0.2) is 6.67 Å². The number of aromatic nitrogens is 5. The fraction of sp³-hybridized carbons (Fsp3) is 0.571. The Morgan fingerprint density at radius 3 is 2.67 bits per heavy atom. The van der Waals surface area contributed by atoms with Gasteiger partial charge >= 0.3 is 5.95 Å². The van der Waals surface area contributed by atoms with Crippen molar-refractivity contribution in [2.75, 3.05) is 0 Å². The van der Waals surface area contributed by atoms with E-state index in [2.05, 4.69) is 20.5 Å². The lowest BCUT2D eigenvalue weighted by Crippen LogP contribution is -2.34. The predicted octanol–water partition coefficient (Wildman–Crippen LogP) is 1.34. The van der Waals surface area contributed by atoms with Gasteiger partial charge in [-0.15, -0.1) is 0 Å².